The van der Waals surface area contributed by atoms with Crippen molar-refractivity contribution in [2.24, 2.45) is 0 Å². The Morgan fingerprint density at radius 1 is 1.21 bits per heavy atom. The van der Waals surface area contributed by atoms with Gasteiger partial charge in [0.25, 0.3) is 0 Å². The zero-order valence-electron chi connectivity index (χ0n) is 11.9. The molecule has 2 rings (SSSR count). The van der Waals surface area contributed by atoms with Crippen molar-refractivity contribution >= 4 is 5.95 Å². The summed E-state index contributed by atoms with van der Waals surface area (Å²) in [5, 5.41) is 11.2. The fourth-order valence-electron chi connectivity index (χ4n) is 1.83. The van der Waals surface area contributed by atoms with Gasteiger partial charge in [0.05, 0.1) is 11.4 Å². The molecule has 0 aromatic carbocycles. The van der Waals surface area contributed by atoms with Crippen LogP contribution in [0.15, 0.2) is 12.4 Å². The van der Waals surface area contributed by atoms with Gasteiger partial charge in [-0.15, -0.1) is 5.10 Å². The summed E-state index contributed by atoms with van der Waals surface area (Å²) < 4.78 is 2.14. The van der Waals surface area contributed by atoms with E-state index in [0.29, 0.717) is 11.9 Å². The van der Waals surface area contributed by atoms with Gasteiger partial charge in [0.2, 0.25) is 5.95 Å². The standard InChI is InChI=1S/C13H20N6/c1-9(2)12-14-5-7-19(12)8-6-15-13-16-10(3)11(4)17-18-13/h5,7,9H,6,8H2,1-4H3,(H,15,16,18). The highest BCUT2D eigenvalue weighted by molar-refractivity contribution is 5.24. The smallest absolute Gasteiger partial charge is 0.243 e. The molecule has 2 heterocycles. The van der Waals surface area contributed by atoms with Gasteiger partial charge in [0.1, 0.15) is 5.82 Å². The Bertz CT molecular complexity index is 546. The summed E-state index contributed by atoms with van der Waals surface area (Å²) in [7, 11) is 0. The molecule has 1 N–H and O–H groups in total. The highest BCUT2D eigenvalue weighted by Gasteiger charge is 2.07. The molecule has 0 fully saturated rings. The van der Waals surface area contributed by atoms with E-state index in [1.807, 2.05) is 26.2 Å². The second kappa shape index (κ2) is 5.77. The largest absolute Gasteiger partial charge is 0.351 e. The molecular formula is C13H20N6. The summed E-state index contributed by atoms with van der Waals surface area (Å²) in [5.41, 5.74) is 1.77. The average Bonchev–Trinajstić information content (AvgIpc) is 2.82. The van der Waals surface area contributed by atoms with Gasteiger partial charge in [-0.05, 0) is 13.8 Å². The van der Waals surface area contributed by atoms with Crippen LogP contribution in [0.5, 0.6) is 0 Å². The third-order valence-electron chi connectivity index (χ3n) is 2.99. The van der Waals surface area contributed by atoms with Crippen LogP contribution in [0.3, 0.4) is 0 Å². The van der Waals surface area contributed by atoms with E-state index in [1.165, 1.54) is 0 Å². The van der Waals surface area contributed by atoms with E-state index < -0.39 is 0 Å². The molecule has 2 aromatic rings. The summed E-state index contributed by atoms with van der Waals surface area (Å²) in [6.07, 6.45) is 3.83. The van der Waals surface area contributed by atoms with Crippen LogP contribution in [0.4, 0.5) is 5.95 Å². The van der Waals surface area contributed by atoms with Crippen molar-refractivity contribution in [1.29, 1.82) is 0 Å². The van der Waals surface area contributed by atoms with Gasteiger partial charge in [0.15, 0.2) is 0 Å². The van der Waals surface area contributed by atoms with E-state index in [4.69, 9.17) is 0 Å². The SMILES string of the molecule is Cc1nnc(NCCn2ccnc2C(C)C)nc1C. The van der Waals surface area contributed by atoms with Crippen LogP contribution in [0.2, 0.25) is 0 Å². The number of hydrogen-bond donors (Lipinski definition) is 1. The number of hydrogen-bond acceptors (Lipinski definition) is 5. The van der Waals surface area contributed by atoms with Gasteiger partial charge in [-0.2, -0.15) is 5.10 Å². The third kappa shape index (κ3) is 3.27. The molecule has 19 heavy (non-hydrogen) atoms. The minimum Gasteiger partial charge on any atom is -0.351 e. The highest BCUT2D eigenvalue weighted by Crippen LogP contribution is 2.11. The van der Waals surface area contributed by atoms with Gasteiger partial charge in [0, 0.05) is 31.4 Å². The third-order valence-corrected chi connectivity index (χ3v) is 2.99. The number of rotatable bonds is 5. The van der Waals surface area contributed by atoms with Crippen molar-refractivity contribution in [3.05, 3.63) is 29.6 Å². The molecule has 102 valence electrons. The quantitative estimate of drug-likeness (QED) is 0.889. The minimum absolute atomic E-state index is 0.425. The van der Waals surface area contributed by atoms with Gasteiger partial charge >= 0.3 is 0 Å². The van der Waals surface area contributed by atoms with E-state index in [9.17, 15) is 0 Å². The van der Waals surface area contributed by atoms with E-state index >= 15 is 0 Å². The summed E-state index contributed by atoms with van der Waals surface area (Å²) in [4.78, 5) is 8.70. The summed E-state index contributed by atoms with van der Waals surface area (Å²) in [6.45, 7) is 9.71. The normalized spacial score (nSPS) is 11.0. The lowest BCUT2D eigenvalue weighted by Crippen LogP contribution is -2.15. The first-order valence-electron chi connectivity index (χ1n) is 6.50. The molecule has 0 amide bonds. The van der Waals surface area contributed by atoms with E-state index in [0.717, 1.165) is 30.3 Å². The van der Waals surface area contributed by atoms with Crippen molar-refractivity contribution in [2.45, 2.75) is 40.2 Å². The average molecular weight is 260 g/mol. The molecule has 0 unspecified atom stereocenters. The van der Waals surface area contributed by atoms with Crippen molar-refractivity contribution < 1.29 is 0 Å². The number of nitrogens with zero attached hydrogens (tertiary/aromatic N) is 5. The lowest BCUT2D eigenvalue weighted by atomic mass is 10.2. The molecular weight excluding hydrogens is 240 g/mol. The maximum Gasteiger partial charge on any atom is 0.243 e. The Morgan fingerprint density at radius 2 is 2.00 bits per heavy atom. The minimum atomic E-state index is 0.425. The van der Waals surface area contributed by atoms with Crippen LogP contribution < -0.4 is 5.32 Å². The lowest BCUT2D eigenvalue weighted by Gasteiger charge is -2.11. The first kappa shape index (κ1) is 13.5. The Morgan fingerprint density at radius 3 is 2.68 bits per heavy atom. The van der Waals surface area contributed by atoms with E-state index in [-0.39, 0.29) is 0 Å². The number of aryl methyl sites for hydroxylation is 2. The molecule has 0 aliphatic carbocycles. The fraction of sp³-hybridized carbons (Fsp3) is 0.538. The van der Waals surface area contributed by atoms with Crippen LogP contribution in [-0.4, -0.2) is 31.3 Å². The predicted octanol–water partition coefficient (Wildman–Crippen LogP) is 1.92. The summed E-state index contributed by atoms with van der Waals surface area (Å²) in [5.74, 6) is 2.10. The molecule has 0 saturated heterocycles. The van der Waals surface area contributed by atoms with Crippen molar-refractivity contribution in [1.82, 2.24) is 24.7 Å². The van der Waals surface area contributed by atoms with E-state index in [1.54, 1.807) is 0 Å². The summed E-state index contributed by atoms with van der Waals surface area (Å²) >= 11 is 0. The van der Waals surface area contributed by atoms with Gasteiger partial charge in [-0.25, -0.2) is 9.97 Å². The van der Waals surface area contributed by atoms with Crippen molar-refractivity contribution in [3.8, 4) is 0 Å². The number of imidazole rings is 1. The molecule has 0 aliphatic heterocycles. The predicted molar refractivity (Wildman–Crippen MR) is 74.1 cm³/mol. The molecule has 2 aromatic heterocycles. The molecule has 0 saturated carbocycles. The second-order valence-corrected chi connectivity index (χ2v) is 4.87. The van der Waals surface area contributed by atoms with Gasteiger partial charge in [-0.3, -0.25) is 0 Å². The van der Waals surface area contributed by atoms with E-state index in [2.05, 4.69) is 43.9 Å². The maximum absolute atomic E-state index is 4.36. The number of aromatic nitrogens is 5. The molecule has 0 spiro atoms. The second-order valence-electron chi connectivity index (χ2n) is 4.87. The van der Waals surface area contributed by atoms with Crippen LogP contribution in [-0.2, 0) is 6.54 Å². The number of nitrogens with one attached hydrogen (secondary N) is 1. The van der Waals surface area contributed by atoms with Crippen LogP contribution in [0, 0.1) is 13.8 Å². The van der Waals surface area contributed by atoms with Crippen LogP contribution >= 0.6 is 0 Å². The van der Waals surface area contributed by atoms with Crippen molar-refractivity contribution in [2.75, 3.05) is 11.9 Å². The zero-order valence-corrected chi connectivity index (χ0v) is 11.9. The first-order chi connectivity index (χ1) is 9.08. The fourth-order valence-corrected chi connectivity index (χ4v) is 1.83. The topological polar surface area (TPSA) is 68.5 Å². The van der Waals surface area contributed by atoms with Crippen LogP contribution in [0.25, 0.3) is 0 Å². The molecule has 0 aliphatic rings. The van der Waals surface area contributed by atoms with Crippen molar-refractivity contribution in [3.63, 3.8) is 0 Å². The van der Waals surface area contributed by atoms with Crippen LogP contribution in [0.1, 0.15) is 37.0 Å². The molecule has 6 nitrogen and oxygen atoms in total. The molecule has 6 heteroatoms. The molecule has 0 bridgehead atoms. The number of anilines is 1. The Balaban J connectivity index is 1.92. The van der Waals surface area contributed by atoms with Gasteiger partial charge in [-0.1, -0.05) is 13.8 Å². The highest BCUT2D eigenvalue weighted by atomic mass is 15.2. The Labute approximate surface area is 113 Å². The first-order valence-corrected chi connectivity index (χ1v) is 6.50. The Kier molecular flexibility index (Phi) is 4.09. The van der Waals surface area contributed by atoms with Gasteiger partial charge < -0.3 is 9.88 Å². The summed E-state index contributed by atoms with van der Waals surface area (Å²) in [6, 6.07) is 0. The maximum atomic E-state index is 4.36. The molecule has 0 radical (unpaired) electrons. The molecule has 0 atom stereocenters. The Hall–Kier alpha value is -1.98. The zero-order chi connectivity index (χ0) is 13.8. The lowest BCUT2D eigenvalue weighted by molar-refractivity contribution is 0.635. The monoisotopic (exact) mass is 260 g/mol.